The molecule has 1 N–H and O–H groups in total. The number of benzene rings is 3. The van der Waals surface area contributed by atoms with Crippen molar-refractivity contribution in [2.75, 3.05) is 14.2 Å². The second kappa shape index (κ2) is 10.6. The Balaban J connectivity index is 1.50. The quantitative estimate of drug-likeness (QED) is 0.407. The minimum Gasteiger partial charge on any atom is -0.496 e. The SMILES string of the molecule is COc1ccc(Cc2cc(-c3ccccc3OC)ncn2)cc1CNCc1ccccc1. The Morgan fingerprint density at radius 1 is 0.719 bits per heavy atom. The van der Waals surface area contributed by atoms with E-state index < -0.39 is 0 Å². The molecule has 4 aromatic rings. The Morgan fingerprint density at radius 3 is 2.31 bits per heavy atom. The fourth-order valence-electron chi connectivity index (χ4n) is 3.72. The lowest BCUT2D eigenvalue weighted by Gasteiger charge is -2.12. The summed E-state index contributed by atoms with van der Waals surface area (Å²) >= 11 is 0. The van der Waals surface area contributed by atoms with Crippen molar-refractivity contribution in [1.82, 2.24) is 15.3 Å². The van der Waals surface area contributed by atoms with Gasteiger partial charge in [0.2, 0.25) is 0 Å². The van der Waals surface area contributed by atoms with Crippen molar-refractivity contribution in [1.29, 1.82) is 0 Å². The highest BCUT2D eigenvalue weighted by atomic mass is 16.5. The van der Waals surface area contributed by atoms with Crippen LogP contribution in [0.25, 0.3) is 11.3 Å². The number of rotatable bonds is 9. The number of nitrogens with zero attached hydrogens (tertiary/aromatic N) is 2. The van der Waals surface area contributed by atoms with Gasteiger partial charge in [-0.1, -0.05) is 54.6 Å². The lowest BCUT2D eigenvalue weighted by atomic mass is 10.0. The summed E-state index contributed by atoms with van der Waals surface area (Å²) in [7, 11) is 3.38. The van der Waals surface area contributed by atoms with Crippen molar-refractivity contribution < 1.29 is 9.47 Å². The highest BCUT2D eigenvalue weighted by Gasteiger charge is 2.10. The van der Waals surface area contributed by atoms with Crippen LogP contribution in [-0.2, 0) is 19.5 Å². The van der Waals surface area contributed by atoms with Crippen molar-refractivity contribution in [3.8, 4) is 22.8 Å². The Labute approximate surface area is 189 Å². The van der Waals surface area contributed by atoms with E-state index in [2.05, 4.69) is 51.7 Å². The Bertz CT molecular complexity index is 1160. The number of hydrogen-bond acceptors (Lipinski definition) is 5. The fourth-order valence-corrected chi connectivity index (χ4v) is 3.72. The van der Waals surface area contributed by atoms with E-state index in [-0.39, 0.29) is 0 Å². The van der Waals surface area contributed by atoms with Crippen LogP contribution < -0.4 is 14.8 Å². The summed E-state index contributed by atoms with van der Waals surface area (Å²) in [5.41, 5.74) is 6.32. The van der Waals surface area contributed by atoms with Crippen LogP contribution in [0.3, 0.4) is 0 Å². The van der Waals surface area contributed by atoms with E-state index in [0.29, 0.717) is 6.42 Å². The van der Waals surface area contributed by atoms with Crippen LogP contribution in [-0.4, -0.2) is 24.2 Å². The molecular formula is C27H27N3O2. The molecule has 1 aromatic heterocycles. The smallest absolute Gasteiger partial charge is 0.128 e. The van der Waals surface area contributed by atoms with Crippen molar-refractivity contribution in [2.45, 2.75) is 19.5 Å². The average molecular weight is 426 g/mol. The average Bonchev–Trinajstić information content (AvgIpc) is 2.85. The van der Waals surface area contributed by atoms with Crippen molar-refractivity contribution >= 4 is 0 Å². The number of ether oxygens (including phenoxy) is 2. The molecule has 4 rings (SSSR count). The number of aromatic nitrogens is 2. The molecule has 1 heterocycles. The van der Waals surface area contributed by atoms with Crippen molar-refractivity contribution in [2.24, 2.45) is 0 Å². The maximum absolute atomic E-state index is 5.58. The van der Waals surface area contributed by atoms with Gasteiger partial charge >= 0.3 is 0 Å². The fraction of sp³-hybridized carbons (Fsp3) is 0.185. The first-order valence-corrected chi connectivity index (χ1v) is 10.6. The molecule has 0 saturated heterocycles. The molecule has 0 atom stereocenters. The van der Waals surface area contributed by atoms with E-state index in [1.54, 1.807) is 20.5 Å². The van der Waals surface area contributed by atoms with E-state index in [1.807, 2.05) is 42.5 Å². The van der Waals surface area contributed by atoms with E-state index in [1.165, 1.54) is 11.1 Å². The molecule has 5 nitrogen and oxygen atoms in total. The topological polar surface area (TPSA) is 56.3 Å². The second-order valence-corrected chi connectivity index (χ2v) is 7.51. The predicted molar refractivity (Wildman–Crippen MR) is 127 cm³/mol. The molecular weight excluding hydrogens is 398 g/mol. The summed E-state index contributed by atoms with van der Waals surface area (Å²) in [6.07, 6.45) is 2.32. The highest BCUT2D eigenvalue weighted by molar-refractivity contribution is 5.67. The van der Waals surface area contributed by atoms with Gasteiger partial charge in [-0.25, -0.2) is 9.97 Å². The van der Waals surface area contributed by atoms with Gasteiger partial charge < -0.3 is 14.8 Å². The molecule has 32 heavy (non-hydrogen) atoms. The van der Waals surface area contributed by atoms with Crippen LogP contribution in [0.15, 0.2) is 85.2 Å². The van der Waals surface area contributed by atoms with Gasteiger partial charge in [0.1, 0.15) is 17.8 Å². The zero-order valence-electron chi connectivity index (χ0n) is 18.4. The molecule has 0 aliphatic rings. The minimum absolute atomic E-state index is 0.709. The lowest BCUT2D eigenvalue weighted by molar-refractivity contribution is 0.407. The zero-order valence-corrected chi connectivity index (χ0v) is 18.4. The van der Waals surface area contributed by atoms with Crippen LogP contribution in [0.4, 0.5) is 0 Å². The largest absolute Gasteiger partial charge is 0.496 e. The molecule has 0 radical (unpaired) electrons. The number of methoxy groups -OCH3 is 2. The third kappa shape index (κ3) is 5.31. The molecule has 0 aliphatic carbocycles. The van der Waals surface area contributed by atoms with Crippen LogP contribution in [0, 0.1) is 0 Å². The number of nitrogens with one attached hydrogen (secondary N) is 1. The summed E-state index contributed by atoms with van der Waals surface area (Å²) < 4.78 is 11.1. The summed E-state index contributed by atoms with van der Waals surface area (Å²) in [5, 5.41) is 3.51. The summed E-state index contributed by atoms with van der Waals surface area (Å²) in [4.78, 5) is 8.94. The van der Waals surface area contributed by atoms with Gasteiger partial charge in [-0.05, 0) is 35.4 Å². The first-order valence-electron chi connectivity index (χ1n) is 10.6. The van der Waals surface area contributed by atoms with Crippen LogP contribution in [0.2, 0.25) is 0 Å². The van der Waals surface area contributed by atoms with Gasteiger partial charge in [0.15, 0.2) is 0 Å². The molecule has 0 fully saturated rings. The third-order valence-corrected chi connectivity index (χ3v) is 5.32. The molecule has 3 aromatic carbocycles. The molecule has 0 aliphatic heterocycles. The summed E-state index contributed by atoms with van der Waals surface area (Å²) in [5.74, 6) is 1.68. The van der Waals surface area contributed by atoms with E-state index in [4.69, 9.17) is 9.47 Å². The Morgan fingerprint density at radius 2 is 1.50 bits per heavy atom. The molecule has 162 valence electrons. The van der Waals surface area contributed by atoms with Gasteiger partial charge in [0.25, 0.3) is 0 Å². The standard InChI is InChI=1S/C27H27N3O2/c1-31-26-13-12-21(14-22(26)18-28-17-20-8-4-3-5-9-20)15-23-16-25(30-19-29-23)24-10-6-7-11-27(24)32-2/h3-14,16,19,28H,15,17-18H2,1-2H3. The molecule has 0 unspecified atom stereocenters. The number of hydrogen-bond donors (Lipinski definition) is 1. The molecule has 0 spiro atoms. The monoisotopic (exact) mass is 425 g/mol. The molecule has 0 amide bonds. The normalized spacial score (nSPS) is 10.7. The third-order valence-electron chi connectivity index (χ3n) is 5.32. The molecule has 5 heteroatoms. The van der Waals surface area contributed by atoms with Crippen LogP contribution in [0.5, 0.6) is 11.5 Å². The zero-order chi connectivity index (χ0) is 22.2. The maximum Gasteiger partial charge on any atom is 0.128 e. The summed E-state index contributed by atoms with van der Waals surface area (Å²) in [6.45, 7) is 1.53. The second-order valence-electron chi connectivity index (χ2n) is 7.51. The predicted octanol–water partition coefficient (Wildman–Crippen LogP) is 5.04. The van der Waals surface area contributed by atoms with Gasteiger partial charge in [0.05, 0.1) is 19.9 Å². The van der Waals surface area contributed by atoms with Gasteiger partial charge in [0, 0.05) is 36.3 Å². The molecule has 0 bridgehead atoms. The van der Waals surface area contributed by atoms with Gasteiger partial charge in [-0.15, -0.1) is 0 Å². The molecule has 0 saturated carbocycles. The van der Waals surface area contributed by atoms with Gasteiger partial charge in [-0.3, -0.25) is 0 Å². The van der Waals surface area contributed by atoms with E-state index in [9.17, 15) is 0 Å². The van der Waals surface area contributed by atoms with Gasteiger partial charge in [-0.2, -0.15) is 0 Å². The maximum atomic E-state index is 5.58. The van der Waals surface area contributed by atoms with Crippen molar-refractivity contribution in [3.05, 3.63) is 108 Å². The van der Waals surface area contributed by atoms with Crippen LogP contribution in [0.1, 0.15) is 22.4 Å². The first-order chi connectivity index (χ1) is 15.8. The van der Waals surface area contributed by atoms with E-state index in [0.717, 1.165) is 47.1 Å². The van der Waals surface area contributed by atoms with Crippen LogP contribution >= 0.6 is 0 Å². The summed E-state index contributed by atoms with van der Waals surface area (Å²) in [6, 6.07) is 26.6. The minimum atomic E-state index is 0.709. The highest BCUT2D eigenvalue weighted by Crippen LogP contribution is 2.28. The lowest BCUT2D eigenvalue weighted by Crippen LogP contribution is -2.13. The Hall–Kier alpha value is -3.70. The first kappa shape index (κ1) is 21.5. The Kier molecular flexibility index (Phi) is 7.10. The van der Waals surface area contributed by atoms with E-state index >= 15 is 0 Å². The van der Waals surface area contributed by atoms with Crippen molar-refractivity contribution in [3.63, 3.8) is 0 Å². The number of para-hydroxylation sites is 1.